The molecule has 2 aliphatic rings. The van der Waals surface area contributed by atoms with Gasteiger partial charge in [-0.1, -0.05) is 12.1 Å². The highest BCUT2D eigenvalue weighted by atomic mass is 16.6. The van der Waals surface area contributed by atoms with Gasteiger partial charge in [0.05, 0.1) is 0 Å². The molecule has 7 nitrogen and oxygen atoms in total. The molecule has 166 valence electrons. The van der Waals surface area contributed by atoms with E-state index in [9.17, 15) is 25.2 Å². The van der Waals surface area contributed by atoms with Gasteiger partial charge in [-0.15, -0.1) is 0 Å². The molecule has 3 rings (SSSR count). The maximum atomic E-state index is 12.4. The Bertz CT molecular complexity index is 1030. The van der Waals surface area contributed by atoms with Crippen LogP contribution in [0, 0.1) is 22.7 Å². The summed E-state index contributed by atoms with van der Waals surface area (Å²) in [5.74, 6) is -1.38. The summed E-state index contributed by atoms with van der Waals surface area (Å²) in [5.41, 5.74) is 0.773. The molecule has 0 amide bonds. The zero-order valence-corrected chi connectivity index (χ0v) is 18.7. The number of benzene rings is 1. The average molecular weight is 434 g/mol. The van der Waals surface area contributed by atoms with Crippen LogP contribution >= 0.6 is 0 Å². The highest BCUT2D eigenvalue weighted by Crippen LogP contribution is 2.41. The van der Waals surface area contributed by atoms with E-state index in [0.717, 1.165) is 5.56 Å². The molecule has 0 bridgehead atoms. The Morgan fingerprint density at radius 1 is 0.875 bits per heavy atom. The molecule has 0 aromatic heterocycles. The fourth-order valence-electron chi connectivity index (χ4n) is 4.42. The number of phenols is 1. The van der Waals surface area contributed by atoms with Crippen molar-refractivity contribution in [2.75, 3.05) is 0 Å². The number of rotatable bonds is 5. The number of carbonyl (C=O) groups is 2. The third-order valence-electron chi connectivity index (χ3n) is 5.71. The zero-order chi connectivity index (χ0) is 23.7. The van der Waals surface area contributed by atoms with Gasteiger partial charge in [0, 0.05) is 12.8 Å². The van der Waals surface area contributed by atoms with Crippen LogP contribution in [0.5, 0.6) is 5.75 Å². The summed E-state index contributed by atoms with van der Waals surface area (Å²) in [6.45, 7) is 7.18. The lowest BCUT2D eigenvalue weighted by Gasteiger charge is -2.34. The van der Waals surface area contributed by atoms with Crippen molar-refractivity contribution in [2.45, 2.75) is 70.5 Å². The van der Waals surface area contributed by atoms with E-state index >= 15 is 0 Å². The van der Waals surface area contributed by atoms with E-state index in [0.29, 0.717) is 36.8 Å². The quantitative estimate of drug-likeness (QED) is 0.684. The molecule has 0 saturated carbocycles. The van der Waals surface area contributed by atoms with Crippen LogP contribution in [0.3, 0.4) is 0 Å². The van der Waals surface area contributed by atoms with E-state index in [1.807, 2.05) is 12.1 Å². The van der Waals surface area contributed by atoms with E-state index in [4.69, 9.17) is 9.47 Å². The van der Waals surface area contributed by atoms with Gasteiger partial charge >= 0.3 is 11.9 Å². The van der Waals surface area contributed by atoms with Crippen molar-refractivity contribution >= 4 is 11.9 Å². The van der Waals surface area contributed by atoms with E-state index in [1.54, 1.807) is 52.0 Å². The molecule has 0 unspecified atom stereocenters. The first-order chi connectivity index (χ1) is 14.9. The monoisotopic (exact) mass is 434 g/mol. The Kier molecular flexibility index (Phi) is 6.14. The maximum Gasteiger partial charge on any atom is 0.349 e. The van der Waals surface area contributed by atoms with Gasteiger partial charge in [0.15, 0.2) is 0 Å². The van der Waals surface area contributed by atoms with E-state index < -0.39 is 23.1 Å². The number of hydrogen-bond acceptors (Lipinski definition) is 7. The van der Waals surface area contributed by atoms with Crippen LogP contribution in [-0.4, -0.2) is 28.2 Å². The Morgan fingerprint density at radius 3 is 1.66 bits per heavy atom. The predicted octanol–water partition coefficient (Wildman–Crippen LogP) is 4.35. The van der Waals surface area contributed by atoms with Crippen molar-refractivity contribution < 1.29 is 24.2 Å². The molecular weight excluding hydrogens is 408 g/mol. The zero-order valence-electron chi connectivity index (χ0n) is 18.7. The molecule has 0 atom stereocenters. The maximum absolute atomic E-state index is 12.4. The molecule has 1 N–H and O–H groups in total. The molecule has 0 radical (unpaired) electrons. The lowest BCUT2D eigenvalue weighted by molar-refractivity contribution is -0.153. The summed E-state index contributed by atoms with van der Waals surface area (Å²) in [5, 5.41) is 28.9. The van der Waals surface area contributed by atoms with E-state index in [1.165, 1.54) is 0 Å². The summed E-state index contributed by atoms with van der Waals surface area (Å²) in [7, 11) is 0. The second-order valence-electron chi connectivity index (χ2n) is 9.53. The van der Waals surface area contributed by atoms with Crippen LogP contribution in [0.15, 0.2) is 46.6 Å². The van der Waals surface area contributed by atoms with Crippen LogP contribution in [0.1, 0.15) is 64.9 Å². The largest absolute Gasteiger partial charge is 0.508 e. The van der Waals surface area contributed by atoms with Gasteiger partial charge in [-0.3, -0.25) is 0 Å². The lowest BCUT2D eigenvalue weighted by atomic mass is 9.78. The van der Waals surface area contributed by atoms with Crippen LogP contribution in [0.25, 0.3) is 0 Å². The van der Waals surface area contributed by atoms with Crippen molar-refractivity contribution in [1.29, 1.82) is 10.5 Å². The Balaban J connectivity index is 2.05. The summed E-state index contributed by atoms with van der Waals surface area (Å²) < 4.78 is 10.7. The molecule has 0 saturated heterocycles. The van der Waals surface area contributed by atoms with Gasteiger partial charge < -0.3 is 14.6 Å². The van der Waals surface area contributed by atoms with Crippen molar-refractivity contribution in [3.05, 3.63) is 52.1 Å². The molecule has 0 spiro atoms. The lowest BCUT2D eigenvalue weighted by Crippen LogP contribution is -2.35. The minimum absolute atomic E-state index is 0.00553. The highest BCUT2D eigenvalue weighted by Gasteiger charge is 2.38. The van der Waals surface area contributed by atoms with E-state index in [2.05, 4.69) is 0 Å². The third-order valence-corrected chi connectivity index (χ3v) is 5.71. The van der Waals surface area contributed by atoms with Gasteiger partial charge in [0.2, 0.25) is 0 Å². The molecule has 1 aromatic carbocycles. The summed E-state index contributed by atoms with van der Waals surface area (Å²) in [6, 6.07) is 10.6. The first-order valence-corrected chi connectivity index (χ1v) is 10.4. The molecule has 32 heavy (non-hydrogen) atoms. The SMILES string of the molecule is CC1(C)CC(CC(CC2=C(C#N)C(=O)OC(C)(C)C2)c2ccc(O)cc2)=C(C#N)C(=O)O1. The first-order valence-electron chi connectivity index (χ1n) is 10.4. The smallest absolute Gasteiger partial charge is 0.349 e. The summed E-state index contributed by atoms with van der Waals surface area (Å²) in [6.07, 6.45) is 1.58. The summed E-state index contributed by atoms with van der Waals surface area (Å²) in [4.78, 5) is 24.8. The number of nitriles is 2. The topological polar surface area (TPSA) is 120 Å². The number of ether oxygens (including phenoxy) is 2. The van der Waals surface area contributed by atoms with Crippen LogP contribution in [-0.2, 0) is 19.1 Å². The number of phenolic OH excluding ortho intramolecular Hbond substituents is 1. The molecule has 1 aromatic rings. The molecule has 2 aliphatic heterocycles. The van der Waals surface area contributed by atoms with Gasteiger partial charge in [-0.25, -0.2) is 9.59 Å². The second-order valence-corrected chi connectivity index (χ2v) is 9.53. The van der Waals surface area contributed by atoms with Crippen molar-refractivity contribution in [1.82, 2.24) is 0 Å². The molecule has 2 heterocycles. The fourth-order valence-corrected chi connectivity index (χ4v) is 4.42. The van der Waals surface area contributed by atoms with Crippen molar-refractivity contribution in [3.63, 3.8) is 0 Å². The number of esters is 2. The van der Waals surface area contributed by atoms with Gasteiger partial charge in [0.25, 0.3) is 0 Å². The number of aromatic hydroxyl groups is 1. The predicted molar refractivity (Wildman–Crippen MR) is 115 cm³/mol. The Morgan fingerprint density at radius 2 is 1.28 bits per heavy atom. The first kappa shape index (κ1) is 23.1. The molecule has 7 heteroatoms. The Hall–Kier alpha value is -3.58. The number of nitrogens with zero attached hydrogens (tertiary/aromatic N) is 2. The molecular formula is C25H26N2O5. The van der Waals surface area contributed by atoms with Crippen LogP contribution < -0.4 is 0 Å². The number of hydrogen-bond donors (Lipinski definition) is 1. The molecule has 0 fully saturated rings. The van der Waals surface area contributed by atoms with Gasteiger partial charge in [-0.05, 0) is 75.3 Å². The average Bonchev–Trinajstić information content (AvgIpc) is 2.66. The standard InChI is InChI=1S/C25H26N2O5/c1-24(2)11-17(20(13-26)22(29)31-24)9-16(15-5-7-19(28)8-6-15)10-18-12-25(3,4)32-23(30)21(18)14-27/h5-8,16,28H,9-12H2,1-4H3. The van der Waals surface area contributed by atoms with E-state index in [-0.39, 0.29) is 22.8 Å². The second kappa shape index (κ2) is 8.51. The number of carbonyl (C=O) groups excluding carboxylic acids is 2. The normalized spacial score (nSPS) is 19.8. The third kappa shape index (κ3) is 5.00. The highest BCUT2D eigenvalue weighted by molar-refractivity contribution is 5.95. The van der Waals surface area contributed by atoms with Crippen molar-refractivity contribution in [3.8, 4) is 17.9 Å². The minimum Gasteiger partial charge on any atom is -0.508 e. The van der Waals surface area contributed by atoms with Gasteiger partial charge in [0.1, 0.15) is 40.2 Å². The Labute approximate surface area is 187 Å². The van der Waals surface area contributed by atoms with Crippen LogP contribution in [0.4, 0.5) is 0 Å². The fraction of sp³-hybridized carbons (Fsp3) is 0.440. The molecule has 0 aliphatic carbocycles. The van der Waals surface area contributed by atoms with Crippen molar-refractivity contribution in [2.24, 2.45) is 0 Å². The van der Waals surface area contributed by atoms with Crippen LogP contribution in [0.2, 0.25) is 0 Å². The number of cyclic esters (lactones) is 2. The minimum atomic E-state index is -0.736. The summed E-state index contributed by atoms with van der Waals surface area (Å²) >= 11 is 0. The van der Waals surface area contributed by atoms with Gasteiger partial charge in [-0.2, -0.15) is 10.5 Å².